The number of aryl methyl sites for hydroxylation is 1. The minimum Gasteiger partial charge on any atom is -0.480 e. The Morgan fingerprint density at radius 3 is 1.97 bits per heavy atom. The summed E-state index contributed by atoms with van der Waals surface area (Å²) in [7, 11) is 1.51. The molecule has 0 saturated heterocycles. The Kier molecular flexibility index (Phi) is 10.4. The van der Waals surface area contributed by atoms with Crippen molar-refractivity contribution in [2.45, 2.75) is 43.8 Å². The highest BCUT2D eigenvalue weighted by atomic mass is 16.4. The number of nitrogens with two attached hydrogens (primary N) is 1. The maximum atomic E-state index is 13.2. The summed E-state index contributed by atoms with van der Waals surface area (Å²) >= 11 is 0. The van der Waals surface area contributed by atoms with E-state index in [0.29, 0.717) is 19.3 Å². The molecule has 6 N–H and O–H groups in total. The SMILES string of the molecule is CNC(=O)[C@H](Cc1ccccc1)NC(=O)[C@H](CCc1ccccc1)N[C@@H](CCN)C(=O)O. The highest BCUT2D eigenvalue weighted by Gasteiger charge is 2.29. The van der Waals surface area contributed by atoms with E-state index in [1.54, 1.807) is 0 Å². The van der Waals surface area contributed by atoms with Crippen LogP contribution in [0.5, 0.6) is 0 Å². The first kappa shape index (κ1) is 25.0. The first-order valence-electron chi connectivity index (χ1n) is 10.7. The van der Waals surface area contributed by atoms with E-state index in [1.165, 1.54) is 7.05 Å². The van der Waals surface area contributed by atoms with Crippen LogP contribution in [-0.4, -0.2) is 54.6 Å². The minimum atomic E-state index is -1.07. The zero-order chi connectivity index (χ0) is 23.3. The van der Waals surface area contributed by atoms with Crippen LogP contribution in [-0.2, 0) is 27.2 Å². The number of nitrogens with one attached hydrogen (secondary N) is 3. The van der Waals surface area contributed by atoms with Crippen molar-refractivity contribution >= 4 is 17.8 Å². The fourth-order valence-electron chi connectivity index (χ4n) is 3.44. The van der Waals surface area contributed by atoms with E-state index in [4.69, 9.17) is 5.73 Å². The number of carbonyl (C=O) groups excluding carboxylic acids is 2. The Balaban J connectivity index is 2.16. The van der Waals surface area contributed by atoms with E-state index in [2.05, 4.69) is 16.0 Å². The Labute approximate surface area is 188 Å². The molecule has 0 heterocycles. The van der Waals surface area contributed by atoms with Crippen LogP contribution in [0.2, 0.25) is 0 Å². The second kappa shape index (κ2) is 13.2. The first-order chi connectivity index (χ1) is 15.4. The van der Waals surface area contributed by atoms with Crippen LogP contribution in [0.4, 0.5) is 0 Å². The predicted molar refractivity (Wildman–Crippen MR) is 123 cm³/mol. The van der Waals surface area contributed by atoms with Gasteiger partial charge < -0.3 is 21.5 Å². The summed E-state index contributed by atoms with van der Waals surface area (Å²) in [6.07, 6.45) is 1.45. The molecule has 32 heavy (non-hydrogen) atoms. The third-order valence-corrected chi connectivity index (χ3v) is 5.20. The van der Waals surface area contributed by atoms with Crippen LogP contribution in [0, 0.1) is 0 Å². The van der Waals surface area contributed by atoms with Crippen molar-refractivity contribution in [2.24, 2.45) is 5.73 Å². The van der Waals surface area contributed by atoms with Gasteiger partial charge in [-0.2, -0.15) is 0 Å². The molecular weight excluding hydrogens is 408 g/mol. The van der Waals surface area contributed by atoms with E-state index in [1.807, 2.05) is 60.7 Å². The van der Waals surface area contributed by atoms with E-state index < -0.39 is 30.0 Å². The molecule has 3 atom stereocenters. The monoisotopic (exact) mass is 440 g/mol. The highest BCUT2D eigenvalue weighted by Crippen LogP contribution is 2.09. The van der Waals surface area contributed by atoms with Gasteiger partial charge in [0.15, 0.2) is 0 Å². The molecule has 8 heteroatoms. The number of carboxylic acid groups (broad SMARTS) is 1. The molecule has 0 aliphatic carbocycles. The van der Waals surface area contributed by atoms with E-state index in [0.717, 1.165) is 11.1 Å². The summed E-state index contributed by atoms with van der Waals surface area (Å²) in [4.78, 5) is 37.2. The summed E-state index contributed by atoms with van der Waals surface area (Å²) in [5, 5.41) is 17.8. The molecule has 0 aliphatic rings. The lowest BCUT2D eigenvalue weighted by Crippen LogP contribution is -2.56. The average molecular weight is 441 g/mol. The largest absolute Gasteiger partial charge is 0.480 e. The van der Waals surface area contributed by atoms with Gasteiger partial charge in [0.2, 0.25) is 11.8 Å². The van der Waals surface area contributed by atoms with Crippen molar-refractivity contribution in [1.82, 2.24) is 16.0 Å². The van der Waals surface area contributed by atoms with Gasteiger partial charge in [0, 0.05) is 13.5 Å². The van der Waals surface area contributed by atoms with Gasteiger partial charge in [0.25, 0.3) is 0 Å². The van der Waals surface area contributed by atoms with Gasteiger partial charge in [-0.15, -0.1) is 0 Å². The molecule has 2 rings (SSSR count). The molecule has 0 aromatic heterocycles. The molecule has 8 nitrogen and oxygen atoms in total. The number of amides is 2. The number of rotatable bonds is 13. The third kappa shape index (κ3) is 8.13. The summed E-state index contributed by atoms with van der Waals surface area (Å²) in [6.45, 7) is 0.172. The van der Waals surface area contributed by atoms with Gasteiger partial charge >= 0.3 is 5.97 Å². The average Bonchev–Trinajstić information content (AvgIpc) is 2.81. The molecule has 172 valence electrons. The zero-order valence-electron chi connectivity index (χ0n) is 18.3. The fourth-order valence-corrected chi connectivity index (χ4v) is 3.44. The number of likely N-dealkylation sites (N-methyl/N-ethyl adjacent to an activating group) is 1. The Morgan fingerprint density at radius 2 is 1.44 bits per heavy atom. The van der Waals surface area contributed by atoms with Gasteiger partial charge in [0.05, 0.1) is 6.04 Å². The van der Waals surface area contributed by atoms with Crippen LogP contribution in [0.1, 0.15) is 24.0 Å². The first-order valence-corrected chi connectivity index (χ1v) is 10.7. The smallest absolute Gasteiger partial charge is 0.320 e. The number of carboxylic acids is 1. The highest BCUT2D eigenvalue weighted by molar-refractivity contribution is 5.90. The van der Waals surface area contributed by atoms with Crippen LogP contribution in [0.25, 0.3) is 0 Å². The third-order valence-electron chi connectivity index (χ3n) is 5.20. The lowest BCUT2D eigenvalue weighted by atomic mass is 10.0. The van der Waals surface area contributed by atoms with Crippen LogP contribution in [0.3, 0.4) is 0 Å². The number of hydrogen-bond acceptors (Lipinski definition) is 5. The molecule has 0 unspecified atom stereocenters. The quantitative estimate of drug-likeness (QED) is 0.314. The summed E-state index contributed by atoms with van der Waals surface area (Å²) < 4.78 is 0. The summed E-state index contributed by atoms with van der Waals surface area (Å²) in [5.74, 6) is -1.81. The zero-order valence-corrected chi connectivity index (χ0v) is 18.3. The lowest BCUT2D eigenvalue weighted by Gasteiger charge is -2.25. The second-order valence-electron chi connectivity index (χ2n) is 7.58. The van der Waals surface area contributed by atoms with Gasteiger partial charge in [-0.1, -0.05) is 60.7 Å². The lowest BCUT2D eigenvalue weighted by molar-refractivity contribution is -0.140. The van der Waals surface area contributed by atoms with E-state index in [9.17, 15) is 19.5 Å². The Hall–Kier alpha value is -3.23. The van der Waals surface area contributed by atoms with Crippen LogP contribution in [0.15, 0.2) is 60.7 Å². The number of carbonyl (C=O) groups is 3. The maximum absolute atomic E-state index is 13.2. The fraction of sp³-hybridized carbons (Fsp3) is 0.375. The molecule has 0 fully saturated rings. The van der Waals surface area contributed by atoms with Gasteiger partial charge in [-0.05, 0) is 36.9 Å². The van der Waals surface area contributed by atoms with Crippen LogP contribution >= 0.6 is 0 Å². The standard InChI is InChI=1S/C24H32N4O4/c1-26-22(29)21(16-18-10-6-3-7-11-18)28-23(30)19(27-20(14-15-25)24(31)32)13-12-17-8-4-2-5-9-17/h2-11,19-21,27H,12-16,25H2,1H3,(H,26,29)(H,28,30)(H,31,32)/t19-,20-,21-/m0/s1. The van der Waals surface area contributed by atoms with Crippen molar-refractivity contribution in [2.75, 3.05) is 13.6 Å². The van der Waals surface area contributed by atoms with E-state index >= 15 is 0 Å². The number of aliphatic carboxylic acids is 1. The second-order valence-corrected chi connectivity index (χ2v) is 7.58. The van der Waals surface area contributed by atoms with E-state index in [-0.39, 0.29) is 18.9 Å². The van der Waals surface area contributed by atoms with Gasteiger partial charge in [-0.3, -0.25) is 19.7 Å². The van der Waals surface area contributed by atoms with Gasteiger partial charge in [-0.25, -0.2) is 0 Å². The van der Waals surface area contributed by atoms with Crippen molar-refractivity contribution in [3.05, 3.63) is 71.8 Å². The predicted octanol–water partition coefficient (Wildman–Crippen LogP) is 0.853. The Bertz CT molecular complexity index is 861. The topological polar surface area (TPSA) is 134 Å². The minimum absolute atomic E-state index is 0.172. The molecule has 0 spiro atoms. The molecule has 2 amide bonds. The van der Waals surface area contributed by atoms with Crippen molar-refractivity contribution in [3.8, 4) is 0 Å². The van der Waals surface area contributed by atoms with Crippen LogP contribution < -0.4 is 21.7 Å². The number of hydrogen-bond donors (Lipinski definition) is 5. The summed E-state index contributed by atoms with van der Waals surface area (Å²) in [5.41, 5.74) is 7.49. The number of benzene rings is 2. The molecule has 2 aromatic rings. The normalized spacial score (nSPS) is 13.6. The van der Waals surface area contributed by atoms with Crippen molar-refractivity contribution in [1.29, 1.82) is 0 Å². The molecule has 0 radical (unpaired) electrons. The molecule has 2 aromatic carbocycles. The molecule has 0 saturated carbocycles. The van der Waals surface area contributed by atoms with Crippen molar-refractivity contribution in [3.63, 3.8) is 0 Å². The van der Waals surface area contributed by atoms with Gasteiger partial charge in [0.1, 0.15) is 12.1 Å². The Morgan fingerprint density at radius 1 is 0.844 bits per heavy atom. The molecule has 0 bridgehead atoms. The summed E-state index contributed by atoms with van der Waals surface area (Å²) in [6, 6.07) is 16.5. The maximum Gasteiger partial charge on any atom is 0.320 e. The molecular formula is C24H32N4O4. The van der Waals surface area contributed by atoms with Crippen molar-refractivity contribution < 1.29 is 19.5 Å². The molecule has 0 aliphatic heterocycles.